The van der Waals surface area contributed by atoms with E-state index in [1.54, 1.807) is 18.2 Å². The molecule has 1 saturated heterocycles. The van der Waals surface area contributed by atoms with E-state index < -0.39 is 10.0 Å². The quantitative estimate of drug-likeness (QED) is 0.733. The molecule has 23 heavy (non-hydrogen) atoms. The number of carbonyl (C=O) groups is 1. The van der Waals surface area contributed by atoms with Crippen LogP contribution < -0.4 is 11.1 Å². The van der Waals surface area contributed by atoms with Crippen molar-refractivity contribution >= 4 is 15.9 Å². The number of benzene rings is 1. The molecule has 0 radical (unpaired) electrons. The Morgan fingerprint density at radius 2 is 1.91 bits per heavy atom. The van der Waals surface area contributed by atoms with E-state index in [-0.39, 0.29) is 10.8 Å². The molecule has 0 unspecified atom stereocenters. The predicted octanol–water partition coefficient (Wildman–Crippen LogP) is 1.33. The highest BCUT2D eigenvalue weighted by molar-refractivity contribution is 7.89. The van der Waals surface area contributed by atoms with E-state index in [1.165, 1.54) is 10.4 Å². The molecule has 6 nitrogen and oxygen atoms in total. The third-order valence-electron chi connectivity index (χ3n) is 3.97. The molecule has 0 aromatic heterocycles. The molecule has 0 saturated carbocycles. The third kappa shape index (κ3) is 4.76. The summed E-state index contributed by atoms with van der Waals surface area (Å²) in [7, 11) is -3.51. The van der Waals surface area contributed by atoms with Gasteiger partial charge in [-0.1, -0.05) is 12.5 Å². The Balaban J connectivity index is 2.08. The Morgan fingerprint density at radius 3 is 2.61 bits per heavy atom. The number of piperidine rings is 1. The minimum absolute atomic E-state index is 0.189. The van der Waals surface area contributed by atoms with Crippen LogP contribution in [0.2, 0.25) is 0 Å². The molecule has 0 aliphatic carbocycles. The van der Waals surface area contributed by atoms with Crippen LogP contribution in [0.5, 0.6) is 0 Å². The Bertz CT molecular complexity index is 625. The normalized spacial score (nSPS) is 16.2. The fourth-order valence-corrected chi connectivity index (χ4v) is 4.19. The summed E-state index contributed by atoms with van der Waals surface area (Å²) in [6.45, 7) is 2.24. The highest BCUT2D eigenvalue weighted by Crippen LogP contribution is 2.21. The van der Waals surface area contributed by atoms with E-state index in [0.717, 1.165) is 32.1 Å². The van der Waals surface area contributed by atoms with Crippen LogP contribution in [0.25, 0.3) is 0 Å². The van der Waals surface area contributed by atoms with Crippen LogP contribution in [-0.4, -0.2) is 44.8 Å². The summed E-state index contributed by atoms with van der Waals surface area (Å²) in [5, 5.41) is 2.79. The zero-order valence-corrected chi connectivity index (χ0v) is 14.1. The van der Waals surface area contributed by atoms with Crippen molar-refractivity contribution < 1.29 is 13.2 Å². The first-order valence-electron chi connectivity index (χ1n) is 8.14. The van der Waals surface area contributed by atoms with Gasteiger partial charge in [0.15, 0.2) is 0 Å². The Labute approximate surface area is 138 Å². The molecule has 1 fully saturated rings. The molecule has 3 N–H and O–H groups in total. The summed E-state index contributed by atoms with van der Waals surface area (Å²) in [4.78, 5) is 12.3. The number of hydrogen-bond acceptors (Lipinski definition) is 4. The Morgan fingerprint density at radius 1 is 1.17 bits per heavy atom. The first-order valence-corrected chi connectivity index (χ1v) is 9.58. The summed E-state index contributed by atoms with van der Waals surface area (Å²) in [5.41, 5.74) is 5.78. The first kappa shape index (κ1) is 17.9. The van der Waals surface area contributed by atoms with Gasteiger partial charge in [-0.25, -0.2) is 8.42 Å². The van der Waals surface area contributed by atoms with E-state index in [2.05, 4.69) is 5.32 Å². The molecular weight excluding hydrogens is 314 g/mol. The summed E-state index contributed by atoms with van der Waals surface area (Å²) in [6, 6.07) is 6.26. The zero-order chi connectivity index (χ0) is 16.7. The monoisotopic (exact) mass is 339 g/mol. The number of nitrogens with two attached hydrogens (primary N) is 1. The number of sulfonamides is 1. The maximum absolute atomic E-state index is 12.6. The molecule has 7 heteroatoms. The average molecular weight is 339 g/mol. The first-order chi connectivity index (χ1) is 11.1. The van der Waals surface area contributed by atoms with Crippen molar-refractivity contribution in [3.05, 3.63) is 29.8 Å². The van der Waals surface area contributed by atoms with Crippen molar-refractivity contribution in [1.29, 1.82) is 0 Å². The lowest BCUT2D eigenvalue weighted by molar-refractivity contribution is 0.0953. The summed E-state index contributed by atoms with van der Waals surface area (Å²) < 4.78 is 26.8. The van der Waals surface area contributed by atoms with Crippen LogP contribution in [-0.2, 0) is 10.0 Å². The van der Waals surface area contributed by atoms with Crippen molar-refractivity contribution in [2.45, 2.75) is 37.0 Å². The van der Waals surface area contributed by atoms with E-state index in [0.29, 0.717) is 31.7 Å². The molecule has 1 aliphatic rings. The van der Waals surface area contributed by atoms with Gasteiger partial charge in [-0.2, -0.15) is 4.31 Å². The standard InChI is InChI=1S/C16H25N3O3S/c17-9-2-3-10-18-16(20)14-7-6-8-15(13-14)23(21,22)19-11-4-1-5-12-19/h6-8,13H,1-5,9-12,17H2,(H,18,20). The van der Waals surface area contributed by atoms with Gasteiger partial charge in [0, 0.05) is 25.2 Å². The molecule has 1 aromatic carbocycles. The minimum Gasteiger partial charge on any atom is -0.352 e. The lowest BCUT2D eigenvalue weighted by Crippen LogP contribution is -2.35. The van der Waals surface area contributed by atoms with Gasteiger partial charge in [-0.3, -0.25) is 4.79 Å². The van der Waals surface area contributed by atoms with E-state index >= 15 is 0 Å². The molecule has 1 aliphatic heterocycles. The largest absolute Gasteiger partial charge is 0.352 e. The Kier molecular flexibility index (Phi) is 6.56. The van der Waals surface area contributed by atoms with Crippen LogP contribution >= 0.6 is 0 Å². The fourth-order valence-electron chi connectivity index (χ4n) is 2.63. The topological polar surface area (TPSA) is 92.5 Å². The molecule has 128 valence electrons. The Hall–Kier alpha value is -1.44. The SMILES string of the molecule is NCCCCNC(=O)c1cccc(S(=O)(=O)N2CCCCC2)c1. The van der Waals surface area contributed by atoms with Crippen molar-refractivity contribution in [3.8, 4) is 0 Å². The lowest BCUT2D eigenvalue weighted by atomic mass is 10.2. The van der Waals surface area contributed by atoms with Crippen molar-refractivity contribution in [1.82, 2.24) is 9.62 Å². The molecule has 1 amide bonds. The highest BCUT2D eigenvalue weighted by Gasteiger charge is 2.26. The van der Waals surface area contributed by atoms with E-state index in [4.69, 9.17) is 5.73 Å². The number of hydrogen-bond donors (Lipinski definition) is 2. The number of rotatable bonds is 7. The van der Waals surface area contributed by atoms with Crippen LogP contribution in [0.3, 0.4) is 0 Å². The minimum atomic E-state index is -3.51. The third-order valence-corrected chi connectivity index (χ3v) is 5.86. The second-order valence-electron chi connectivity index (χ2n) is 5.74. The highest BCUT2D eigenvalue weighted by atomic mass is 32.2. The van der Waals surface area contributed by atoms with Crippen molar-refractivity contribution in [2.75, 3.05) is 26.2 Å². The molecule has 2 rings (SSSR count). The number of nitrogens with zero attached hydrogens (tertiary/aromatic N) is 1. The van der Waals surface area contributed by atoms with Gasteiger partial charge in [-0.15, -0.1) is 0 Å². The second kappa shape index (κ2) is 8.42. The zero-order valence-electron chi connectivity index (χ0n) is 13.3. The predicted molar refractivity (Wildman–Crippen MR) is 89.7 cm³/mol. The molecule has 1 aromatic rings. The molecular formula is C16H25N3O3S. The maximum Gasteiger partial charge on any atom is 0.251 e. The smallest absolute Gasteiger partial charge is 0.251 e. The maximum atomic E-state index is 12.6. The van der Waals surface area contributed by atoms with Gasteiger partial charge < -0.3 is 11.1 Å². The fraction of sp³-hybridized carbons (Fsp3) is 0.562. The molecule has 1 heterocycles. The van der Waals surface area contributed by atoms with Gasteiger partial charge in [0.2, 0.25) is 10.0 Å². The number of nitrogens with one attached hydrogen (secondary N) is 1. The average Bonchev–Trinajstić information content (AvgIpc) is 2.59. The number of unbranched alkanes of at least 4 members (excludes halogenated alkanes) is 1. The summed E-state index contributed by atoms with van der Waals surface area (Å²) >= 11 is 0. The second-order valence-corrected chi connectivity index (χ2v) is 7.68. The van der Waals surface area contributed by atoms with Crippen LogP contribution in [0.15, 0.2) is 29.2 Å². The number of amides is 1. The van der Waals surface area contributed by atoms with Gasteiger partial charge in [0.05, 0.1) is 4.90 Å². The van der Waals surface area contributed by atoms with E-state index in [1.807, 2.05) is 0 Å². The van der Waals surface area contributed by atoms with Crippen molar-refractivity contribution in [3.63, 3.8) is 0 Å². The van der Waals surface area contributed by atoms with Crippen LogP contribution in [0.4, 0.5) is 0 Å². The lowest BCUT2D eigenvalue weighted by Gasteiger charge is -2.26. The van der Waals surface area contributed by atoms with Crippen molar-refractivity contribution in [2.24, 2.45) is 5.73 Å². The van der Waals surface area contributed by atoms with Crippen LogP contribution in [0.1, 0.15) is 42.5 Å². The molecule has 0 atom stereocenters. The van der Waals surface area contributed by atoms with Gasteiger partial charge in [0.1, 0.15) is 0 Å². The summed E-state index contributed by atoms with van der Waals surface area (Å²) in [5.74, 6) is -0.252. The van der Waals surface area contributed by atoms with Crippen LogP contribution in [0, 0.1) is 0 Å². The van der Waals surface area contributed by atoms with Gasteiger partial charge in [0.25, 0.3) is 5.91 Å². The molecule has 0 bridgehead atoms. The summed E-state index contributed by atoms with van der Waals surface area (Å²) in [6.07, 6.45) is 4.51. The van der Waals surface area contributed by atoms with Gasteiger partial charge in [-0.05, 0) is 50.4 Å². The molecule has 0 spiro atoms. The van der Waals surface area contributed by atoms with E-state index in [9.17, 15) is 13.2 Å². The van der Waals surface area contributed by atoms with Gasteiger partial charge >= 0.3 is 0 Å². The number of carbonyl (C=O) groups excluding carboxylic acids is 1.